The number of carbonyl (C=O) groups is 1. The van der Waals surface area contributed by atoms with E-state index in [0.717, 1.165) is 38.8 Å². The van der Waals surface area contributed by atoms with Gasteiger partial charge in [-0.2, -0.15) is 0 Å². The third-order valence-electron chi connectivity index (χ3n) is 3.93. The van der Waals surface area contributed by atoms with E-state index < -0.39 is 0 Å². The van der Waals surface area contributed by atoms with Gasteiger partial charge in [0, 0.05) is 26.1 Å². The van der Waals surface area contributed by atoms with Crippen molar-refractivity contribution in [3.63, 3.8) is 0 Å². The van der Waals surface area contributed by atoms with E-state index in [1.54, 1.807) is 0 Å². The van der Waals surface area contributed by atoms with Crippen LogP contribution in [0.3, 0.4) is 0 Å². The van der Waals surface area contributed by atoms with Gasteiger partial charge >= 0.3 is 0 Å². The number of nitrogens with one attached hydrogen (secondary N) is 1. The van der Waals surface area contributed by atoms with Crippen molar-refractivity contribution in [1.29, 1.82) is 0 Å². The van der Waals surface area contributed by atoms with E-state index in [4.69, 9.17) is 4.84 Å². The Hall–Kier alpha value is -1.10. The molecule has 17 heavy (non-hydrogen) atoms. The molecule has 1 saturated carbocycles. The highest BCUT2D eigenvalue weighted by Gasteiger charge is 2.44. The van der Waals surface area contributed by atoms with Crippen molar-refractivity contribution in [1.82, 2.24) is 10.2 Å². The zero-order chi connectivity index (χ0) is 11.9. The molecule has 0 aromatic heterocycles. The summed E-state index contributed by atoms with van der Waals surface area (Å²) in [4.78, 5) is 19.5. The summed E-state index contributed by atoms with van der Waals surface area (Å²) in [5.74, 6) is 0.0509. The highest BCUT2D eigenvalue weighted by molar-refractivity contribution is 6.39. The molecule has 1 atom stereocenters. The molecular formula is C12H19N3O2. The Morgan fingerprint density at radius 3 is 3.06 bits per heavy atom. The number of rotatable bonds is 2. The molecule has 1 aliphatic carbocycles. The van der Waals surface area contributed by atoms with Crippen LogP contribution in [0.25, 0.3) is 0 Å². The Labute approximate surface area is 101 Å². The summed E-state index contributed by atoms with van der Waals surface area (Å²) < 4.78 is 0. The maximum Gasteiger partial charge on any atom is 0.271 e. The third kappa shape index (κ3) is 2.04. The number of hydrogen-bond acceptors (Lipinski definition) is 4. The van der Waals surface area contributed by atoms with Gasteiger partial charge in [0.05, 0.1) is 0 Å². The van der Waals surface area contributed by atoms with Gasteiger partial charge in [0.1, 0.15) is 5.71 Å². The predicted octanol–water partition coefficient (Wildman–Crippen LogP) is 0.506. The molecule has 0 radical (unpaired) electrons. The first-order chi connectivity index (χ1) is 8.20. The number of nitrogens with zero attached hydrogens (tertiary/aromatic N) is 2. The molecule has 5 nitrogen and oxygen atoms in total. The zero-order valence-electron chi connectivity index (χ0n) is 10.2. The van der Waals surface area contributed by atoms with E-state index >= 15 is 0 Å². The topological polar surface area (TPSA) is 53.9 Å². The molecule has 2 fully saturated rings. The molecule has 0 bridgehead atoms. The minimum atomic E-state index is -0.242. The lowest BCUT2D eigenvalue weighted by molar-refractivity contribution is -0.123. The first-order valence-corrected chi connectivity index (χ1v) is 6.43. The molecule has 5 heteroatoms. The molecule has 1 unspecified atom stereocenters. The Balaban J connectivity index is 1.64. The summed E-state index contributed by atoms with van der Waals surface area (Å²) in [7, 11) is 1.87. The highest BCUT2D eigenvalue weighted by Crippen LogP contribution is 2.32. The first-order valence-electron chi connectivity index (χ1n) is 6.43. The molecule has 1 saturated heterocycles. The fourth-order valence-corrected chi connectivity index (χ4v) is 2.64. The summed E-state index contributed by atoms with van der Waals surface area (Å²) in [6.45, 7) is 1.84. The predicted molar refractivity (Wildman–Crippen MR) is 63.8 cm³/mol. The lowest BCUT2D eigenvalue weighted by Gasteiger charge is -2.31. The molecule has 0 aromatic rings. The van der Waals surface area contributed by atoms with Gasteiger partial charge in [0.15, 0.2) is 5.60 Å². The van der Waals surface area contributed by atoms with E-state index in [-0.39, 0.29) is 11.5 Å². The molecule has 1 N–H and O–H groups in total. The van der Waals surface area contributed by atoms with E-state index in [1.807, 2.05) is 11.9 Å². The van der Waals surface area contributed by atoms with Gasteiger partial charge in [0.25, 0.3) is 5.91 Å². The van der Waals surface area contributed by atoms with Crippen LogP contribution in [0, 0.1) is 0 Å². The van der Waals surface area contributed by atoms with Crippen LogP contribution in [-0.4, -0.2) is 48.3 Å². The van der Waals surface area contributed by atoms with Crippen molar-refractivity contribution in [2.75, 3.05) is 20.1 Å². The Kier molecular flexibility index (Phi) is 2.58. The average molecular weight is 237 g/mol. The number of piperidine rings is 1. The van der Waals surface area contributed by atoms with Crippen LogP contribution < -0.4 is 5.32 Å². The van der Waals surface area contributed by atoms with E-state index in [1.165, 1.54) is 0 Å². The largest absolute Gasteiger partial charge is 0.387 e. The Morgan fingerprint density at radius 1 is 1.59 bits per heavy atom. The molecule has 2 heterocycles. The Morgan fingerprint density at radius 2 is 2.41 bits per heavy atom. The molecule has 3 aliphatic rings. The smallest absolute Gasteiger partial charge is 0.271 e. The van der Waals surface area contributed by atoms with Crippen molar-refractivity contribution >= 4 is 11.6 Å². The van der Waals surface area contributed by atoms with Crippen LogP contribution in [0.1, 0.15) is 32.1 Å². The van der Waals surface area contributed by atoms with Gasteiger partial charge < -0.3 is 15.1 Å². The highest BCUT2D eigenvalue weighted by atomic mass is 16.7. The van der Waals surface area contributed by atoms with Crippen LogP contribution >= 0.6 is 0 Å². The molecule has 94 valence electrons. The van der Waals surface area contributed by atoms with Gasteiger partial charge in [-0.05, 0) is 32.2 Å². The lowest BCUT2D eigenvalue weighted by atomic mass is 9.89. The molecule has 1 spiro atoms. The van der Waals surface area contributed by atoms with Crippen LogP contribution in [-0.2, 0) is 9.63 Å². The van der Waals surface area contributed by atoms with Crippen LogP contribution in [0.15, 0.2) is 5.16 Å². The molecule has 3 rings (SSSR count). The summed E-state index contributed by atoms with van der Waals surface area (Å²) in [5, 5.41) is 7.35. The second-order valence-corrected chi connectivity index (χ2v) is 5.42. The monoisotopic (exact) mass is 237 g/mol. The normalized spacial score (nSPS) is 32.2. The average Bonchev–Trinajstić information content (AvgIpc) is 3.13. The fraction of sp³-hybridized carbons (Fsp3) is 0.833. The van der Waals surface area contributed by atoms with Crippen LogP contribution in [0.4, 0.5) is 0 Å². The zero-order valence-corrected chi connectivity index (χ0v) is 10.2. The summed E-state index contributed by atoms with van der Waals surface area (Å²) in [6, 6.07) is 0.436. The quantitative estimate of drug-likeness (QED) is 0.761. The maximum atomic E-state index is 12.1. The van der Waals surface area contributed by atoms with Crippen molar-refractivity contribution in [3.05, 3.63) is 0 Å². The van der Waals surface area contributed by atoms with Gasteiger partial charge in [-0.3, -0.25) is 4.79 Å². The summed E-state index contributed by atoms with van der Waals surface area (Å²) >= 11 is 0. The van der Waals surface area contributed by atoms with Crippen molar-refractivity contribution < 1.29 is 9.63 Å². The van der Waals surface area contributed by atoms with E-state index in [9.17, 15) is 4.79 Å². The summed E-state index contributed by atoms with van der Waals surface area (Å²) in [6.07, 6.45) is 5.00. The molecule has 2 aliphatic heterocycles. The van der Waals surface area contributed by atoms with E-state index in [2.05, 4.69) is 10.5 Å². The van der Waals surface area contributed by atoms with Gasteiger partial charge in [-0.1, -0.05) is 5.16 Å². The first kappa shape index (κ1) is 11.0. The van der Waals surface area contributed by atoms with Crippen LogP contribution in [0.2, 0.25) is 0 Å². The SMILES string of the molecule is CN(C(=O)C1=NOC2(CCCNC2)C1)C1CC1. The van der Waals surface area contributed by atoms with Crippen molar-refractivity contribution in [2.24, 2.45) is 5.16 Å². The number of amides is 1. The fourth-order valence-electron chi connectivity index (χ4n) is 2.64. The number of carbonyl (C=O) groups excluding carboxylic acids is 1. The minimum Gasteiger partial charge on any atom is -0.387 e. The third-order valence-corrected chi connectivity index (χ3v) is 3.93. The molecular weight excluding hydrogens is 218 g/mol. The summed E-state index contributed by atoms with van der Waals surface area (Å²) in [5.41, 5.74) is 0.358. The second kappa shape index (κ2) is 3.98. The van der Waals surface area contributed by atoms with Gasteiger partial charge in [-0.25, -0.2) is 0 Å². The number of oxime groups is 1. The second-order valence-electron chi connectivity index (χ2n) is 5.42. The Bertz CT molecular complexity index is 357. The lowest BCUT2D eigenvalue weighted by Crippen LogP contribution is -2.46. The minimum absolute atomic E-state index is 0.0509. The molecule has 1 amide bonds. The number of hydrogen-bond donors (Lipinski definition) is 1. The van der Waals surface area contributed by atoms with Crippen LogP contribution in [0.5, 0.6) is 0 Å². The van der Waals surface area contributed by atoms with E-state index in [0.29, 0.717) is 18.2 Å². The van der Waals surface area contributed by atoms with Crippen molar-refractivity contribution in [3.8, 4) is 0 Å². The maximum absolute atomic E-state index is 12.1. The standard InChI is InChI=1S/C12H19N3O2/c1-15(9-3-4-9)11(16)10-7-12(17-14-10)5-2-6-13-8-12/h9,13H,2-8H2,1H3. The van der Waals surface area contributed by atoms with Gasteiger partial charge in [-0.15, -0.1) is 0 Å². The van der Waals surface area contributed by atoms with Gasteiger partial charge in [0.2, 0.25) is 0 Å². The molecule has 0 aromatic carbocycles. The van der Waals surface area contributed by atoms with Crippen molar-refractivity contribution in [2.45, 2.75) is 43.7 Å².